The number of unbranched alkanes of at least 4 members (excludes halogenated alkanes) is 13. The van der Waals surface area contributed by atoms with E-state index in [0.29, 0.717) is 22.8 Å². The molecule has 0 radical (unpaired) electrons. The zero-order chi connectivity index (χ0) is 70.1. The molecule has 0 amide bonds. The van der Waals surface area contributed by atoms with Crippen molar-refractivity contribution < 1.29 is 19.8 Å². The van der Waals surface area contributed by atoms with E-state index in [-0.39, 0.29) is 11.1 Å². The Morgan fingerprint density at radius 1 is 0.382 bits per heavy atom. The minimum atomic E-state index is -1.27. The number of hydrogen-bond donors (Lipinski definition) is 2. The number of carboxylic acid groups (broad SMARTS) is 2. The summed E-state index contributed by atoms with van der Waals surface area (Å²) < 4.78 is 0. The van der Waals surface area contributed by atoms with Gasteiger partial charge in [0.1, 0.15) is 45.4 Å². The van der Waals surface area contributed by atoms with Gasteiger partial charge in [0.15, 0.2) is 0 Å². The van der Waals surface area contributed by atoms with Crippen LogP contribution in [0.3, 0.4) is 0 Å². The topological polar surface area (TPSA) is 190 Å². The number of para-hydroxylation sites is 2. The molecule has 14 nitrogen and oxygen atoms in total. The molecule has 2 N–H and O–H groups in total. The number of hydrogen-bond acceptors (Lipinski definition) is 16. The highest BCUT2D eigenvalue weighted by molar-refractivity contribution is 8.00. The number of aliphatic carboxylic acids is 2. The molecule has 0 atom stereocenters. The lowest BCUT2D eigenvalue weighted by molar-refractivity contribution is -0.133. The van der Waals surface area contributed by atoms with Gasteiger partial charge in [0.05, 0.1) is 35.8 Å². The van der Waals surface area contributed by atoms with Crippen LogP contribution in [0.5, 0.6) is 0 Å². The second kappa shape index (κ2) is 32.3. The lowest BCUT2D eigenvalue weighted by Crippen LogP contribution is -2.21. The summed E-state index contributed by atoms with van der Waals surface area (Å²) in [7, 11) is 0. The number of nitriles is 2. The summed E-state index contributed by atoms with van der Waals surface area (Å²) in [5.41, 5.74) is 13.5. The van der Waals surface area contributed by atoms with Crippen molar-refractivity contribution in [3.8, 4) is 74.8 Å². The number of fused-ring (bicyclic) bond motifs is 6. The van der Waals surface area contributed by atoms with Gasteiger partial charge in [-0.05, 0) is 146 Å². The van der Waals surface area contributed by atoms with Gasteiger partial charge in [0.25, 0.3) is 0 Å². The van der Waals surface area contributed by atoms with Crippen LogP contribution >= 0.6 is 68.9 Å². The number of aryl methyl sites for hydroxylation is 2. The zero-order valence-electron chi connectivity index (χ0n) is 56.9. The van der Waals surface area contributed by atoms with E-state index in [1.165, 1.54) is 152 Å². The average Bonchev–Trinajstić information content (AvgIpc) is 1.52. The summed E-state index contributed by atoms with van der Waals surface area (Å²) >= 11 is 9.99. The van der Waals surface area contributed by atoms with Gasteiger partial charge in [-0.1, -0.05) is 175 Å². The Morgan fingerprint density at radius 2 is 0.716 bits per heavy atom. The van der Waals surface area contributed by atoms with Crippen LogP contribution in [0.1, 0.15) is 126 Å². The highest BCUT2D eigenvalue weighted by atomic mass is 32.2. The first-order chi connectivity index (χ1) is 50.0. The van der Waals surface area contributed by atoms with Crippen molar-refractivity contribution in [3.63, 3.8) is 0 Å². The molecule has 102 heavy (non-hydrogen) atoms. The average molecular weight is 1460 g/mol. The van der Waals surface area contributed by atoms with Gasteiger partial charge in [-0.3, -0.25) is 0 Å². The number of benzene rings is 6. The molecule has 12 aromatic rings. The lowest BCUT2D eigenvalue weighted by Gasteiger charge is -2.33. The summed E-state index contributed by atoms with van der Waals surface area (Å²) in [5.74, 6) is -2.53. The smallest absolute Gasteiger partial charge is 0.346 e. The van der Waals surface area contributed by atoms with Crippen LogP contribution in [0.2, 0.25) is 0 Å². The second-order valence-electron chi connectivity index (χ2n) is 25.7. The Kier molecular flexibility index (Phi) is 22.1. The molecule has 0 saturated carbocycles. The van der Waals surface area contributed by atoms with Gasteiger partial charge >= 0.3 is 11.9 Å². The molecule has 0 fully saturated rings. The van der Waals surface area contributed by atoms with Crippen molar-refractivity contribution in [3.05, 3.63) is 179 Å². The highest BCUT2D eigenvalue weighted by Crippen LogP contribution is 2.53. The Balaban J connectivity index is 0.697. The molecule has 6 aromatic carbocycles. The van der Waals surface area contributed by atoms with E-state index in [4.69, 9.17) is 20.4 Å². The first-order valence-corrected chi connectivity index (χ1v) is 40.2. The molecular formula is C82H76N10O4S6. The number of anilines is 4. The molecule has 0 bridgehead atoms. The molecule has 0 aliphatic carbocycles. The van der Waals surface area contributed by atoms with Gasteiger partial charge in [-0.2, -0.15) is 40.5 Å². The molecule has 0 saturated heterocycles. The summed E-state index contributed by atoms with van der Waals surface area (Å²) in [6.07, 6.45) is 21.3. The van der Waals surface area contributed by atoms with Gasteiger partial charge in [0, 0.05) is 93.9 Å². The number of carbonyl (C=O) groups is 2. The summed E-state index contributed by atoms with van der Waals surface area (Å²) in [6, 6.07) is 59.8. The van der Waals surface area contributed by atoms with E-state index in [9.17, 15) is 30.3 Å². The highest BCUT2D eigenvalue weighted by Gasteiger charge is 2.28. The molecule has 514 valence electrons. The van der Waals surface area contributed by atoms with Gasteiger partial charge in [-0.15, -0.1) is 45.3 Å². The first-order valence-electron chi connectivity index (χ1n) is 35.3. The van der Waals surface area contributed by atoms with Gasteiger partial charge in [0.2, 0.25) is 0 Å². The van der Waals surface area contributed by atoms with E-state index >= 15 is 0 Å². The normalized spacial score (nSPS) is 12.7. The number of carboxylic acids is 2. The van der Waals surface area contributed by atoms with Crippen LogP contribution in [-0.4, -0.2) is 65.2 Å². The SMILES string of the molecule is CCCCCCCCN1c2ccccc2Sc2cc(-c3ccc(-c4ccc(-c5ccc(/C=C(/C#N)C(=O)O)s5)c5nn(CCCCCCn6nc7c(-c8ccc(/C=C(\C#N)C(=O)O)s8)ccc(-c8ccc(-c9ccc%10c(c9)Sc9ccccc9N%10CCCCCCCC)s8)c7n6)nc45)s3)ccc21. The van der Waals surface area contributed by atoms with Crippen LogP contribution in [0, 0.1) is 22.7 Å². The Bertz CT molecular complexity index is 4900. The molecule has 8 heterocycles. The fourth-order valence-corrected chi connectivity index (χ4v) is 19.8. The first kappa shape index (κ1) is 69.7. The fraction of sp³-hybridized carbons (Fsp3) is 0.268. The Labute approximate surface area is 618 Å². The molecule has 6 aromatic heterocycles. The minimum Gasteiger partial charge on any atom is -0.477 e. The second-order valence-corrected chi connectivity index (χ2v) is 32.3. The quantitative estimate of drug-likeness (QED) is 0.0237. The third-order valence-corrected chi connectivity index (χ3v) is 25.4. The third kappa shape index (κ3) is 15.4. The van der Waals surface area contributed by atoms with Crippen LogP contribution in [0.25, 0.3) is 96.9 Å². The summed E-state index contributed by atoms with van der Waals surface area (Å²) in [5, 5.41) is 59.3. The maximum atomic E-state index is 11.8. The molecular weight excluding hydrogens is 1380 g/mol. The van der Waals surface area contributed by atoms with Crippen molar-refractivity contribution in [2.45, 2.75) is 149 Å². The standard InChI is InChI=1S/C82H76N10O4S6/c1-3-5-7-9-11-19-43-89-63-23-15-17-25-73(63)101-75-49-53(27-35-65(75)89)67-39-41-71(99-67)61-33-31-59(69-37-29-57(97-69)47-55(51-83)81(93)94)77-79(61)87-91(85-77)45-21-13-14-22-46-92-86-78-60(70-38-30-58(98-70)48-56(52-84)82(95)96)32-34-62(80(78)88-92)72-42-40-68(100-72)54-28-36-66-76(50-54)102-74-26-18-16-24-64(74)90(66)44-20-12-10-8-6-4-2/h15-18,23-42,47-50H,3-14,19-22,43-46H2,1-2H3,(H,93,94)(H,95,96)/b55-47-,56-48+. The summed E-state index contributed by atoms with van der Waals surface area (Å²) in [6.45, 7) is 7.68. The van der Waals surface area contributed by atoms with Crippen LogP contribution in [-0.2, 0) is 22.7 Å². The third-order valence-electron chi connectivity index (χ3n) is 18.7. The number of rotatable bonds is 31. The molecule has 14 rings (SSSR count). The van der Waals surface area contributed by atoms with Gasteiger partial charge < -0.3 is 20.0 Å². The van der Waals surface area contributed by atoms with Crippen LogP contribution in [0.15, 0.2) is 188 Å². The fourth-order valence-electron chi connectivity index (χ4n) is 13.5. The maximum absolute atomic E-state index is 11.8. The number of aromatic nitrogens is 6. The van der Waals surface area contributed by atoms with Crippen molar-refractivity contribution in [2.24, 2.45) is 0 Å². The van der Waals surface area contributed by atoms with Crippen molar-refractivity contribution in [1.29, 1.82) is 10.5 Å². The molecule has 20 heteroatoms. The molecule has 0 spiro atoms. The Hall–Kier alpha value is -9.38. The number of nitrogens with zero attached hydrogens (tertiary/aromatic N) is 10. The molecule has 0 unspecified atom stereocenters. The molecule has 2 aliphatic heterocycles. The summed E-state index contributed by atoms with van der Waals surface area (Å²) in [4.78, 5) is 45.0. The minimum absolute atomic E-state index is 0.328. The lowest BCUT2D eigenvalue weighted by atomic mass is 10.1. The molecule has 2 aliphatic rings. The van der Waals surface area contributed by atoms with Crippen molar-refractivity contribution >= 4 is 138 Å². The largest absolute Gasteiger partial charge is 0.477 e. The predicted molar refractivity (Wildman–Crippen MR) is 422 cm³/mol. The monoisotopic (exact) mass is 1460 g/mol. The van der Waals surface area contributed by atoms with E-state index in [1.54, 1.807) is 22.7 Å². The van der Waals surface area contributed by atoms with E-state index < -0.39 is 11.9 Å². The van der Waals surface area contributed by atoms with E-state index in [2.05, 4.69) is 157 Å². The number of thiophene rings is 4. The van der Waals surface area contributed by atoms with Gasteiger partial charge in [-0.25, -0.2) is 9.59 Å². The van der Waals surface area contributed by atoms with Crippen molar-refractivity contribution in [2.75, 3.05) is 22.9 Å². The van der Waals surface area contributed by atoms with E-state index in [1.807, 2.05) is 69.5 Å². The maximum Gasteiger partial charge on any atom is 0.346 e. The predicted octanol–water partition coefficient (Wildman–Crippen LogP) is 23.6. The van der Waals surface area contributed by atoms with Crippen LogP contribution < -0.4 is 9.80 Å². The van der Waals surface area contributed by atoms with Crippen LogP contribution in [0.4, 0.5) is 22.7 Å². The van der Waals surface area contributed by atoms with E-state index in [0.717, 1.165) is 125 Å². The van der Waals surface area contributed by atoms with Crippen molar-refractivity contribution in [1.82, 2.24) is 30.0 Å². The zero-order valence-corrected chi connectivity index (χ0v) is 61.8. The Morgan fingerprint density at radius 3 is 1.10 bits per heavy atom.